The molecule has 15 heavy (non-hydrogen) atoms. The van der Waals surface area contributed by atoms with E-state index in [2.05, 4.69) is 5.32 Å². The summed E-state index contributed by atoms with van der Waals surface area (Å²) in [4.78, 5) is 0. The normalized spacial score (nSPS) is 10.8. The predicted octanol–water partition coefficient (Wildman–Crippen LogP) is 1.06. The van der Waals surface area contributed by atoms with Crippen molar-refractivity contribution in [3.63, 3.8) is 0 Å². The van der Waals surface area contributed by atoms with Crippen molar-refractivity contribution in [3.05, 3.63) is 0 Å². The quantitative estimate of drug-likeness (QED) is 0.498. The molecule has 0 aliphatic heterocycles. The summed E-state index contributed by atoms with van der Waals surface area (Å²) in [5.41, 5.74) is 0. The van der Waals surface area contributed by atoms with Crippen molar-refractivity contribution in [3.8, 4) is 0 Å². The van der Waals surface area contributed by atoms with Crippen LogP contribution in [0.3, 0.4) is 0 Å². The van der Waals surface area contributed by atoms with E-state index >= 15 is 0 Å². The fourth-order valence-corrected chi connectivity index (χ4v) is 1.11. The van der Waals surface area contributed by atoms with Gasteiger partial charge >= 0.3 is 0 Å². The Morgan fingerprint density at radius 3 is 2.13 bits per heavy atom. The van der Waals surface area contributed by atoms with Crippen LogP contribution in [0.5, 0.6) is 0 Å². The van der Waals surface area contributed by atoms with Crippen LogP contribution in [-0.2, 0) is 14.2 Å². The second kappa shape index (κ2) is 13.8. The van der Waals surface area contributed by atoms with Gasteiger partial charge in [-0.05, 0) is 32.9 Å². The summed E-state index contributed by atoms with van der Waals surface area (Å²) >= 11 is 0. The molecule has 0 saturated heterocycles. The van der Waals surface area contributed by atoms with E-state index in [-0.39, 0.29) is 0 Å². The van der Waals surface area contributed by atoms with Gasteiger partial charge in [-0.15, -0.1) is 0 Å². The van der Waals surface area contributed by atoms with Gasteiger partial charge in [0.05, 0.1) is 13.2 Å². The molecule has 0 rings (SSSR count). The zero-order valence-corrected chi connectivity index (χ0v) is 10.1. The lowest BCUT2D eigenvalue weighted by Gasteiger charge is -2.05. The van der Waals surface area contributed by atoms with Crippen LogP contribution >= 0.6 is 0 Å². The molecule has 0 amide bonds. The monoisotopic (exact) mass is 219 g/mol. The first kappa shape index (κ1) is 14.8. The highest BCUT2D eigenvalue weighted by Crippen LogP contribution is 1.83. The van der Waals surface area contributed by atoms with Crippen molar-refractivity contribution in [2.45, 2.75) is 19.8 Å². The minimum atomic E-state index is 0.682. The molecule has 0 heterocycles. The number of hydrogen-bond acceptors (Lipinski definition) is 4. The Hall–Kier alpha value is -0.160. The van der Waals surface area contributed by atoms with Crippen LogP contribution in [0.25, 0.3) is 0 Å². The molecule has 0 aromatic rings. The standard InChI is InChI=1S/C11H25NO3/c1-3-14-8-4-6-12-7-5-9-15-11-10-13-2/h12H,3-11H2,1-2H3. The van der Waals surface area contributed by atoms with Crippen LogP contribution in [0.2, 0.25) is 0 Å². The van der Waals surface area contributed by atoms with Crippen LogP contribution in [0.1, 0.15) is 19.8 Å². The molecule has 0 spiro atoms. The van der Waals surface area contributed by atoms with E-state index < -0.39 is 0 Å². The summed E-state index contributed by atoms with van der Waals surface area (Å²) in [7, 11) is 1.68. The number of nitrogens with one attached hydrogen (secondary N) is 1. The topological polar surface area (TPSA) is 39.7 Å². The molecule has 0 aliphatic rings. The minimum absolute atomic E-state index is 0.682. The van der Waals surface area contributed by atoms with Gasteiger partial charge in [-0.25, -0.2) is 0 Å². The predicted molar refractivity (Wildman–Crippen MR) is 61.3 cm³/mol. The van der Waals surface area contributed by atoms with Gasteiger partial charge in [0.2, 0.25) is 0 Å². The lowest BCUT2D eigenvalue weighted by Crippen LogP contribution is -2.19. The molecule has 0 aliphatic carbocycles. The molecule has 0 atom stereocenters. The molecular formula is C11H25NO3. The molecule has 0 saturated carbocycles. The van der Waals surface area contributed by atoms with Crippen LogP contribution in [0.15, 0.2) is 0 Å². The molecule has 1 N–H and O–H groups in total. The van der Waals surface area contributed by atoms with Crippen molar-refractivity contribution >= 4 is 0 Å². The minimum Gasteiger partial charge on any atom is -0.382 e. The summed E-state index contributed by atoms with van der Waals surface area (Å²) in [6, 6.07) is 0. The summed E-state index contributed by atoms with van der Waals surface area (Å²) in [6.45, 7) is 7.91. The number of methoxy groups -OCH3 is 1. The molecule has 92 valence electrons. The van der Waals surface area contributed by atoms with E-state index in [1.54, 1.807) is 7.11 Å². The van der Waals surface area contributed by atoms with Gasteiger partial charge in [-0.3, -0.25) is 0 Å². The van der Waals surface area contributed by atoms with E-state index in [0.29, 0.717) is 13.2 Å². The Morgan fingerprint density at radius 1 is 0.867 bits per heavy atom. The van der Waals surface area contributed by atoms with E-state index in [1.165, 1.54) is 0 Å². The smallest absolute Gasteiger partial charge is 0.0700 e. The largest absolute Gasteiger partial charge is 0.382 e. The SMILES string of the molecule is CCOCCCNCCCOCCOC. The maximum Gasteiger partial charge on any atom is 0.0700 e. The average molecular weight is 219 g/mol. The van der Waals surface area contributed by atoms with Crippen molar-refractivity contribution in [1.29, 1.82) is 0 Å². The van der Waals surface area contributed by atoms with Crippen LogP contribution in [0, 0.1) is 0 Å². The molecule has 0 aromatic heterocycles. The van der Waals surface area contributed by atoms with Crippen LogP contribution in [0.4, 0.5) is 0 Å². The van der Waals surface area contributed by atoms with Gasteiger partial charge in [-0.2, -0.15) is 0 Å². The number of rotatable bonds is 12. The first-order chi connectivity index (χ1) is 7.41. The van der Waals surface area contributed by atoms with Gasteiger partial charge in [0.25, 0.3) is 0 Å². The lowest BCUT2D eigenvalue weighted by molar-refractivity contribution is 0.0694. The molecule has 4 heteroatoms. The third-order valence-electron chi connectivity index (χ3n) is 1.92. The summed E-state index contributed by atoms with van der Waals surface area (Å²) in [5.74, 6) is 0. The molecule has 4 nitrogen and oxygen atoms in total. The van der Waals surface area contributed by atoms with Gasteiger partial charge in [0.1, 0.15) is 0 Å². The molecule has 0 radical (unpaired) electrons. The highest BCUT2D eigenvalue weighted by Gasteiger charge is 1.90. The Morgan fingerprint density at radius 2 is 1.53 bits per heavy atom. The van der Waals surface area contributed by atoms with E-state index in [4.69, 9.17) is 14.2 Å². The lowest BCUT2D eigenvalue weighted by atomic mass is 10.4. The highest BCUT2D eigenvalue weighted by molar-refractivity contribution is 4.47. The van der Waals surface area contributed by atoms with Crippen molar-refractivity contribution in [1.82, 2.24) is 5.32 Å². The second-order valence-corrected chi connectivity index (χ2v) is 3.26. The van der Waals surface area contributed by atoms with Crippen molar-refractivity contribution in [2.75, 3.05) is 53.2 Å². The molecular weight excluding hydrogens is 194 g/mol. The highest BCUT2D eigenvalue weighted by atomic mass is 16.5. The maximum atomic E-state index is 5.33. The summed E-state index contributed by atoms with van der Waals surface area (Å²) in [5, 5.41) is 3.34. The van der Waals surface area contributed by atoms with E-state index in [0.717, 1.165) is 45.8 Å². The zero-order chi connectivity index (χ0) is 11.2. The number of ether oxygens (including phenoxy) is 3. The Bertz CT molecular complexity index is 100. The Labute approximate surface area is 93.3 Å². The van der Waals surface area contributed by atoms with Crippen LogP contribution < -0.4 is 5.32 Å². The van der Waals surface area contributed by atoms with E-state index in [1.807, 2.05) is 6.92 Å². The number of hydrogen-bond donors (Lipinski definition) is 1. The summed E-state index contributed by atoms with van der Waals surface area (Å²) < 4.78 is 15.4. The zero-order valence-electron chi connectivity index (χ0n) is 10.1. The summed E-state index contributed by atoms with van der Waals surface area (Å²) in [6.07, 6.45) is 2.14. The molecule has 0 bridgehead atoms. The molecule has 0 fully saturated rings. The maximum absolute atomic E-state index is 5.33. The second-order valence-electron chi connectivity index (χ2n) is 3.26. The molecule has 0 aromatic carbocycles. The first-order valence-electron chi connectivity index (χ1n) is 5.77. The Balaban J connectivity index is 2.81. The van der Waals surface area contributed by atoms with Crippen molar-refractivity contribution < 1.29 is 14.2 Å². The van der Waals surface area contributed by atoms with E-state index in [9.17, 15) is 0 Å². The third kappa shape index (κ3) is 13.8. The molecule has 0 unspecified atom stereocenters. The average Bonchev–Trinajstić information content (AvgIpc) is 2.26. The third-order valence-corrected chi connectivity index (χ3v) is 1.92. The Kier molecular flexibility index (Phi) is 13.7. The van der Waals surface area contributed by atoms with Crippen molar-refractivity contribution in [2.24, 2.45) is 0 Å². The van der Waals surface area contributed by atoms with Gasteiger partial charge < -0.3 is 19.5 Å². The van der Waals surface area contributed by atoms with Crippen LogP contribution in [-0.4, -0.2) is 53.2 Å². The fourth-order valence-electron chi connectivity index (χ4n) is 1.11. The van der Waals surface area contributed by atoms with Gasteiger partial charge in [0.15, 0.2) is 0 Å². The fraction of sp³-hybridized carbons (Fsp3) is 1.00. The van der Waals surface area contributed by atoms with Gasteiger partial charge in [0, 0.05) is 26.9 Å². The van der Waals surface area contributed by atoms with Gasteiger partial charge in [-0.1, -0.05) is 0 Å². The first-order valence-corrected chi connectivity index (χ1v) is 5.77.